The maximum Gasteiger partial charge on any atom is 0.192 e. The summed E-state index contributed by atoms with van der Waals surface area (Å²) in [5.74, 6) is 0.160. The molecular formula is C11H22O3Si. The van der Waals surface area contributed by atoms with E-state index >= 15 is 0 Å². The van der Waals surface area contributed by atoms with Crippen LogP contribution in [0.5, 0.6) is 0 Å². The van der Waals surface area contributed by atoms with Crippen molar-refractivity contribution in [1.82, 2.24) is 0 Å². The average molecular weight is 230 g/mol. The fourth-order valence-electron chi connectivity index (χ4n) is 1.18. The van der Waals surface area contributed by atoms with Crippen LogP contribution >= 0.6 is 0 Å². The SMILES string of the molecule is CC(C)(C)[Si](C)(C)OCC1COCC1=O. The summed E-state index contributed by atoms with van der Waals surface area (Å²) in [7, 11) is -1.71. The van der Waals surface area contributed by atoms with E-state index in [1.807, 2.05) is 0 Å². The highest BCUT2D eigenvalue weighted by molar-refractivity contribution is 6.74. The Bertz CT molecular complexity index is 243. The summed E-state index contributed by atoms with van der Waals surface area (Å²) in [6, 6.07) is 0. The Balaban J connectivity index is 2.46. The molecular weight excluding hydrogens is 208 g/mol. The van der Waals surface area contributed by atoms with Crippen molar-refractivity contribution in [2.45, 2.75) is 38.9 Å². The monoisotopic (exact) mass is 230 g/mol. The molecule has 0 N–H and O–H groups in total. The first-order valence-corrected chi connectivity index (χ1v) is 8.39. The van der Waals surface area contributed by atoms with Gasteiger partial charge in [-0.1, -0.05) is 20.8 Å². The van der Waals surface area contributed by atoms with E-state index < -0.39 is 8.32 Å². The van der Waals surface area contributed by atoms with Crippen molar-refractivity contribution in [3.63, 3.8) is 0 Å². The van der Waals surface area contributed by atoms with E-state index in [9.17, 15) is 4.79 Å². The first-order chi connectivity index (χ1) is 6.74. The van der Waals surface area contributed by atoms with Gasteiger partial charge in [0.15, 0.2) is 14.1 Å². The average Bonchev–Trinajstić information content (AvgIpc) is 2.46. The van der Waals surface area contributed by atoms with Crippen LogP contribution < -0.4 is 0 Å². The van der Waals surface area contributed by atoms with Gasteiger partial charge in [-0.05, 0) is 18.1 Å². The van der Waals surface area contributed by atoms with Gasteiger partial charge in [0.05, 0.1) is 12.5 Å². The molecule has 3 nitrogen and oxygen atoms in total. The van der Waals surface area contributed by atoms with Crippen LogP contribution in [-0.4, -0.2) is 33.9 Å². The molecule has 88 valence electrons. The molecule has 1 fully saturated rings. The van der Waals surface area contributed by atoms with Crippen molar-refractivity contribution in [2.24, 2.45) is 5.92 Å². The molecule has 1 rings (SSSR count). The minimum atomic E-state index is -1.71. The third-order valence-electron chi connectivity index (χ3n) is 3.47. The zero-order valence-corrected chi connectivity index (χ0v) is 11.4. The van der Waals surface area contributed by atoms with Gasteiger partial charge in [0, 0.05) is 6.61 Å². The van der Waals surface area contributed by atoms with E-state index in [1.165, 1.54) is 0 Å². The van der Waals surface area contributed by atoms with Crippen LogP contribution in [0.25, 0.3) is 0 Å². The van der Waals surface area contributed by atoms with Crippen LogP contribution in [0.1, 0.15) is 20.8 Å². The van der Waals surface area contributed by atoms with Gasteiger partial charge in [-0.3, -0.25) is 4.79 Å². The fourth-order valence-corrected chi connectivity index (χ4v) is 2.23. The summed E-state index contributed by atoms with van der Waals surface area (Å²) in [6.07, 6.45) is 0. The quantitative estimate of drug-likeness (QED) is 0.697. The zero-order valence-electron chi connectivity index (χ0n) is 10.4. The summed E-state index contributed by atoms with van der Waals surface area (Å²) >= 11 is 0. The summed E-state index contributed by atoms with van der Waals surface area (Å²) < 4.78 is 11.1. The summed E-state index contributed by atoms with van der Waals surface area (Å²) in [5.41, 5.74) is 0. The second-order valence-electron chi connectivity index (χ2n) is 5.75. The van der Waals surface area contributed by atoms with Gasteiger partial charge in [0.2, 0.25) is 0 Å². The molecule has 0 aliphatic carbocycles. The molecule has 0 amide bonds. The van der Waals surface area contributed by atoms with Crippen LogP contribution in [0, 0.1) is 5.92 Å². The van der Waals surface area contributed by atoms with Crippen LogP contribution in [-0.2, 0) is 14.0 Å². The molecule has 0 aromatic heterocycles. The molecule has 0 aromatic carbocycles. The maximum atomic E-state index is 11.4. The van der Waals surface area contributed by atoms with Gasteiger partial charge in [-0.25, -0.2) is 0 Å². The summed E-state index contributed by atoms with van der Waals surface area (Å²) in [5, 5.41) is 0.204. The minimum Gasteiger partial charge on any atom is -0.416 e. The molecule has 1 saturated heterocycles. The predicted octanol–water partition coefficient (Wildman–Crippen LogP) is 2.22. The number of carbonyl (C=O) groups excluding carboxylic acids is 1. The highest BCUT2D eigenvalue weighted by Crippen LogP contribution is 2.36. The van der Waals surface area contributed by atoms with Crippen molar-refractivity contribution in [3.8, 4) is 0 Å². The lowest BCUT2D eigenvalue weighted by Crippen LogP contribution is -2.42. The number of ketones is 1. The summed E-state index contributed by atoms with van der Waals surface area (Å²) in [6.45, 7) is 12.3. The normalized spacial score (nSPS) is 23.5. The van der Waals surface area contributed by atoms with E-state index in [0.29, 0.717) is 13.2 Å². The molecule has 1 unspecified atom stereocenters. The van der Waals surface area contributed by atoms with E-state index in [1.54, 1.807) is 0 Å². The van der Waals surface area contributed by atoms with Crippen LogP contribution in [0.4, 0.5) is 0 Å². The Hall–Kier alpha value is -0.193. The molecule has 1 heterocycles. The molecule has 0 aromatic rings. The molecule has 15 heavy (non-hydrogen) atoms. The molecule has 1 aliphatic heterocycles. The first-order valence-electron chi connectivity index (χ1n) is 5.48. The second kappa shape index (κ2) is 4.35. The van der Waals surface area contributed by atoms with E-state index in [0.717, 1.165) is 0 Å². The summed E-state index contributed by atoms with van der Waals surface area (Å²) in [4.78, 5) is 11.4. The maximum absolute atomic E-state index is 11.4. The van der Waals surface area contributed by atoms with Gasteiger partial charge in [-0.15, -0.1) is 0 Å². The topological polar surface area (TPSA) is 35.5 Å². The molecule has 4 heteroatoms. The number of rotatable bonds is 3. The Kier molecular flexibility index (Phi) is 3.74. The van der Waals surface area contributed by atoms with Crippen LogP contribution in [0.2, 0.25) is 18.1 Å². The van der Waals surface area contributed by atoms with E-state index in [-0.39, 0.29) is 23.3 Å². The van der Waals surface area contributed by atoms with Gasteiger partial charge in [0.1, 0.15) is 6.61 Å². The standard InChI is InChI=1S/C11H22O3Si/c1-11(2,3)15(4,5)14-7-9-6-13-8-10(9)12/h9H,6-8H2,1-5H3. The lowest BCUT2D eigenvalue weighted by molar-refractivity contribution is -0.121. The lowest BCUT2D eigenvalue weighted by Gasteiger charge is -2.36. The van der Waals surface area contributed by atoms with Crippen LogP contribution in [0.3, 0.4) is 0 Å². The molecule has 1 aliphatic rings. The smallest absolute Gasteiger partial charge is 0.192 e. The Morgan fingerprint density at radius 1 is 1.47 bits per heavy atom. The van der Waals surface area contributed by atoms with Gasteiger partial charge in [0.25, 0.3) is 0 Å². The molecule has 0 radical (unpaired) electrons. The fraction of sp³-hybridized carbons (Fsp3) is 0.909. The van der Waals surface area contributed by atoms with Crippen molar-refractivity contribution >= 4 is 14.1 Å². The third-order valence-corrected chi connectivity index (χ3v) is 7.97. The van der Waals surface area contributed by atoms with Crippen molar-refractivity contribution in [3.05, 3.63) is 0 Å². The van der Waals surface area contributed by atoms with Crippen molar-refractivity contribution in [1.29, 1.82) is 0 Å². The lowest BCUT2D eigenvalue weighted by atomic mass is 10.1. The Morgan fingerprint density at radius 2 is 2.07 bits per heavy atom. The highest BCUT2D eigenvalue weighted by atomic mass is 28.4. The highest BCUT2D eigenvalue weighted by Gasteiger charge is 2.38. The zero-order chi connectivity index (χ0) is 11.7. The van der Waals surface area contributed by atoms with Crippen molar-refractivity contribution < 1.29 is 14.0 Å². The number of hydrogen-bond acceptors (Lipinski definition) is 3. The van der Waals surface area contributed by atoms with Crippen molar-refractivity contribution in [2.75, 3.05) is 19.8 Å². The Labute approximate surface area is 93.3 Å². The Morgan fingerprint density at radius 3 is 2.47 bits per heavy atom. The van der Waals surface area contributed by atoms with Gasteiger partial charge >= 0.3 is 0 Å². The van der Waals surface area contributed by atoms with Crippen LogP contribution in [0.15, 0.2) is 0 Å². The third kappa shape index (κ3) is 3.13. The number of ether oxygens (including phenoxy) is 1. The molecule has 0 bridgehead atoms. The number of Topliss-reactive ketones (excluding diaryl/α,β-unsaturated/α-hetero) is 1. The molecule has 0 saturated carbocycles. The van der Waals surface area contributed by atoms with E-state index in [4.69, 9.17) is 9.16 Å². The predicted molar refractivity (Wildman–Crippen MR) is 62.5 cm³/mol. The molecule has 0 spiro atoms. The first kappa shape index (κ1) is 12.9. The second-order valence-corrected chi connectivity index (χ2v) is 10.6. The minimum absolute atomic E-state index is 0.0286. The number of hydrogen-bond donors (Lipinski definition) is 0. The number of carbonyl (C=O) groups is 1. The molecule has 1 atom stereocenters. The van der Waals surface area contributed by atoms with Gasteiger partial charge < -0.3 is 9.16 Å². The largest absolute Gasteiger partial charge is 0.416 e. The van der Waals surface area contributed by atoms with E-state index in [2.05, 4.69) is 33.9 Å². The van der Waals surface area contributed by atoms with Gasteiger partial charge in [-0.2, -0.15) is 0 Å².